The van der Waals surface area contributed by atoms with Crippen molar-refractivity contribution in [1.82, 2.24) is 19.8 Å². The quantitative estimate of drug-likeness (QED) is 0.705. The Hall–Kier alpha value is -2.63. The lowest BCUT2D eigenvalue weighted by Gasteiger charge is -2.06. The first-order valence-corrected chi connectivity index (χ1v) is 5.82. The number of ether oxygens (including phenoxy) is 1. The van der Waals surface area contributed by atoms with Crippen LogP contribution < -0.4 is 10.5 Å². The fourth-order valence-electron chi connectivity index (χ4n) is 1.90. The number of fused-ring (bicyclic) bond motifs is 1. The van der Waals surface area contributed by atoms with E-state index in [9.17, 15) is 0 Å². The summed E-state index contributed by atoms with van der Waals surface area (Å²) in [7, 11) is 1.61. The highest BCUT2D eigenvalue weighted by Gasteiger charge is 2.13. The van der Waals surface area contributed by atoms with Crippen LogP contribution in [0, 0.1) is 6.92 Å². The van der Waals surface area contributed by atoms with Crippen molar-refractivity contribution in [3.63, 3.8) is 0 Å². The van der Waals surface area contributed by atoms with E-state index in [4.69, 9.17) is 10.5 Å². The molecule has 2 aromatic heterocycles. The van der Waals surface area contributed by atoms with E-state index in [-0.39, 0.29) is 0 Å². The van der Waals surface area contributed by atoms with E-state index >= 15 is 0 Å². The van der Waals surface area contributed by atoms with Gasteiger partial charge in [0.1, 0.15) is 5.75 Å². The number of anilines is 1. The smallest absolute Gasteiger partial charge is 0.187 e. The van der Waals surface area contributed by atoms with Crippen molar-refractivity contribution in [2.75, 3.05) is 12.8 Å². The standard InChI is InChI=1S/C13H13N5O/c1-8-3-6-12-15-16-13(18(12)17-8)10-7-9(19-2)4-5-11(10)14/h3-7H,14H2,1-2H3. The molecule has 6 nitrogen and oxygen atoms in total. The van der Waals surface area contributed by atoms with E-state index in [0.29, 0.717) is 22.9 Å². The number of nitrogen functional groups attached to an aromatic ring is 1. The number of aryl methyl sites for hydroxylation is 1. The monoisotopic (exact) mass is 255 g/mol. The molecule has 6 heteroatoms. The highest BCUT2D eigenvalue weighted by Crippen LogP contribution is 2.28. The van der Waals surface area contributed by atoms with Crippen LogP contribution in [0.1, 0.15) is 5.69 Å². The summed E-state index contributed by atoms with van der Waals surface area (Å²) < 4.78 is 6.89. The van der Waals surface area contributed by atoms with Gasteiger partial charge in [0, 0.05) is 11.3 Å². The van der Waals surface area contributed by atoms with Gasteiger partial charge in [0.05, 0.1) is 12.8 Å². The summed E-state index contributed by atoms with van der Waals surface area (Å²) in [4.78, 5) is 0. The van der Waals surface area contributed by atoms with Gasteiger partial charge in [0.25, 0.3) is 0 Å². The number of nitrogens with two attached hydrogens (primary N) is 1. The van der Waals surface area contributed by atoms with Gasteiger partial charge in [-0.1, -0.05) is 0 Å². The maximum absolute atomic E-state index is 6.00. The molecule has 0 fully saturated rings. The Kier molecular flexibility index (Phi) is 2.56. The van der Waals surface area contributed by atoms with Crippen molar-refractivity contribution in [2.24, 2.45) is 0 Å². The number of aromatic nitrogens is 4. The Morgan fingerprint density at radius 1 is 1.16 bits per heavy atom. The van der Waals surface area contributed by atoms with Crippen LogP contribution in [0.25, 0.3) is 17.0 Å². The average molecular weight is 255 g/mol. The van der Waals surface area contributed by atoms with Gasteiger partial charge in [-0.3, -0.25) is 0 Å². The Balaban J connectivity index is 2.26. The fourth-order valence-corrected chi connectivity index (χ4v) is 1.90. The molecular weight excluding hydrogens is 242 g/mol. The van der Waals surface area contributed by atoms with Crippen molar-refractivity contribution in [3.8, 4) is 17.1 Å². The molecule has 3 rings (SSSR count). The molecule has 2 N–H and O–H groups in total. The zero-order chi connectivity index (χ0) is 13.4. The molecule has 3 aromatic rings. The molecule has 0 saturated heterocycles. The van der Waals surface area contributed by atoms with E-state index < -0.39 is 0 Å². The minimum absolute atomic E-state index is 0.607. The molecule has 0 aliphatic rings. The van der Waals surface area contributed by atoms with Crippen LogP contribution in [-0.2, 0) is 0 Å². The first-order chi connectivity index (χ1) is 9.19. The third kappa shape index (κ3) is 1.87. The second kappa shape index (κ2) is 4.24. The average Bonchev–Trinajstić information content (AvgIpc) is 2.82. The van der Waals surface area contributed by atoms with Crippen LogP contribution in [0.15, 0.2) is 30.3 Å². The topological polar surface area (TPSA) is 78.3 Å². The summed E-state index contributed by atoms with van der Waals surface area (Å²) >= 11 is 0. The predicted molar refractivity (Wildman–Crippen MR) is 71.9 cm³/mol. The second-order valence-corrected chi connectivity index (χ2v) is 4.22. The first kappa shape index (κ1) is 11.5. The number of hydrogen-bond acceptors (Lipinski definition) is 5. The molecule has 0 atom stereocenters. The Labute approximate surface area is 109 Å². The number of hydrogen-bond donors (Lipinski definition) is 1. The van der Waals surface area contributed by atoms with Crippen molar-refractivity contribution in [3.05, 3.63) is 36.0 Å². The van der Waals surface area contributed by atoms with Gasteiger partial charge in [-0.2, -0.15) is 9.61 Å². The Bertz CT molecular complexity index is 750. The molecular formula is C13H13N5O. The molecule has 0 aliphatic heterocycles. The molecule has 0 amide bonds. The van der Waals surface area contributed by atoms with Crippen molar-refractivity contribution in [2.45, 2.75) is 6.92 Å². The van der Waals surface area contributed by atoms with Crippen LogP contribution >= 0.6 is 0 Å². The first-order valence-electron chi connectivity index (χ1n) is 5.82. The maximum Gasteiger partial charge on any atom is 0.187 e. The summed E-state index contributed by atoms with van der Waals surface area (Å²) in [6.45, 7) is 1.91. The largest absolute Gasteiger partial charge is 0.497 e. The minimum Gasteiger partial charge on any atom is -0.497 e. The summed E-state index contributed by atoms with van der Waals surface area (Å²) in [6.07, 6.45) is 0. The van der Waals surface area contributed by atoms with Gasteiger partial charge in [-0.25, -0.2) is 0 Å². The molecule has 0 unspecified atom stereocenters. The Morgan fingerprint density at radius 2 is 2.00 bits per heavy atom. The molecule has 0 aliphatic carbocycles. The lowest BCUT2D eigenvalue weighted by atomic mass is 10.1. The number of rotatable bonds is 2. The molecule has 96 valence electrons. The molecule has 0 spiro atoms. The highest BCUT2D eigenvalue weighted by molar-refractivity contribution is 5.74. The number of methoxy groups -OCH3 is 1. The summed E-state index contributed by atoms with van der Waals surface area (Å²) in [5, 5.41) is 12.6. The van der Waals surface area contributed by atoms with Crippen LogP contribution in [0.2, 0.25) is 0 Å². The zero-order valence-corrected chi connectivity index (χ0v) is 10.7. The van der Waals surface area contributed by atoms with Crippen molar-refractivity contribution < 1.29 is 4.74 Å². The second-order valence-electron chi connectivity index (χ2n) is 4.22. The van der Waals surface area contributed by atoms with E-state index in [1.165, 1.54) is 0 Å². The molecule has 2 heterocycles. The fraction of sp³-hybridized carbons (Fsp3) is 0.154. The van der Waals surface area contributed by atoms with E-state index in [1.807, 2.05) is 25.1 Å². The predicted octanol–water partition coefficient (Wildman–Crippen LogP) is 1.69. The molecule has 0 saturated carbocycles. The van der Waals surface area contributed by atoms with Gasteiger partial charge >= 0.3 is 0 Å². The van der Waals surface area contributed by atoms with Crippen molar-refractivity contribution >= 4 is 11.3 Å². The maximum atomic E-state index is 6.00. The SMILES string of the molecule is COc1ccc(N)c(-c2nnc3ccc(C)nn23)c1. The van der Waals surface area contributed by atoms with E-state index in [2.05, 4.69) is 15.3 Å². The van der Waals surface area contributed by atoms with Gasteiger partial charge in [0.2, 0.25) is 0 Å². The molecule has 1 aromatic carbocycles. The molecule has 0 radical (unpaired) electrons. The van der Waals surface area contributed by atoms with Crippen molar-refractivity contribution in [1.29, 1.82) is 0 Å². The number of benzene rings is 1. The third-order valence-electron chi connectivity index (χ3n) is 2.90. The van der Waals surface area contributed by atoms with Crippen LogP contribution in [0.4, 0.5) is 5.69 Å². The zero-order valence-electron chi connectivity index (χ0n) is 10.7. The molecule has 19 heavy (non-hydrogen) atoms. The van der Waals surface area contributed by atoms with Gasteiger partial charge in [0.15, 0.2) is 11.5 Å². The minimum atomic E-state index is 0.607. The van der Waals surface area contributed by atoms with Crippen LogP contribution in [0.3, 0.4) is 0 Å². The molecule has 0 bridgehead atoms. The van der Waals surface area contributed by atoms with Gasteiger partial charge in [-0.05, 0) is 37.3 Å². The summed E-state index contributed by atoms with van der Waals surface area (Å²) in [6, 6.07) is 9.18. The lowest BCUT2D eigenvalue weighted by molar-refractivity contribution is 0.415. The summed E-state index contributed by atoms with van der Waals surface area (Å²) in [5.74, 6) is 1.32. The van der Waals surface area contributed by atoms with Crippen LogP contribution in [0.5, 0.6) is 5.75 Å². The van der Waals surface area contributed by atoms with Crippen LogP contribution in [-0.4, -0.2) is 26.9 Å². The Morgan fingerprint density at radius 3 is 2.79 bits per heavy atom. The third-order valence-corrected chi connectivity index (χ3v) is 2.90. The summed E-state index contributed by atoms with van der Waals surface area (Å²) in [5.41, 5.74) is 8.93. The van der Waals surface area contributed by atoms with Gasteiger partial charge < -0.3 is 10.5 Å². The van der Waals surface area contributed by atoms with Gasteiger partial charge in [-0.15, -0.1) is 10.2 Å². The van der Waals surface area contributed by atoms with E-state index in [0.717, 1.165) is 11.3 Å². The highest BCUT2D eigenvalue weighted by atomic mass is 16.5. The lowest BCUT2D eigenvalue weighted by Crippen LogP contribution is -1.99. The number of nitrogens with zero attached hydrogens (tertiary/aromatic N) is 4. The van der Waals surface area contributed by atoms with E-state index in [1.54, 1.807) is 23.8 Å². The normalized spacial score (nSPS) is 10.8.